The maximum Gasteiger partial charge on any atom is 0.340 e. The molecule has 0 saturated heterocycles. The molecule has 2 aliphatic rings. The molecule has 0 radical (unpaired) electrons. The van der Waals surface area contributed by atoms with Crippen molar-refractivity contribution in [1.82, 2.24) is 5.32 Å². The topological polar surface area (TPSA) is 114 Å². The summed E-state index contributed by atoms with van der Waals surface area (Å²) in [6.45, 7) is 0. The molecular formula is C19H23NO7. The van der Waals surface area contributed by atoms with Crippen LogP contribution in [0.1, 0.15) is 43.6 Å². The van der Waals surface area contributed by atoms with Crippen LogP contribution in [0.3, 0.4) is 0 Å². The summed E-state index contributed by atoms with van der Waals surface area (Å²) < 4.78 is 15.5. The first-order chi connectivity index (χ1) is 13.0. The van der Waals surface area contributed by atoms with Gasteiger partial charge in [0, 0.05) is 11.6 Å². The number of phenols is 2. The molecule has 8 heteroatoms. The molecule has 0 aromatic heterocycles. The van der Waals surface area contributed by atoms with Crippen molar-refractivity contribution in [1.29, 1.82) is 0 Å². The number of benzene rings is 1. The van der Waals surface area contributed by atoms with E-state index in [1.807, 2.05) is 0 Å². The van der Waals surface area contributed by atoms with Crippen molar-refractivity contribution in [3.05, 3.63) is 29.2 Å². The number of ether oxygens (including phenoxy) is 3. The van der Waals surface area contributed by atoms with Crippen molar-refractivity contribution in [2.24, 2.45) is 0 Å². The fraction of sp³-hybridized carbons (Fsp3) is 0.474. The molecule has 1 saturated carbocycles. The highest BCUT2D eigenvalue weighted by molar-refractivity contribution is 6.00. The Balaban J connectivity index is 2.12. The molecule has 1 aromatic carbocycles. The third-order valence-corrected chi connectivity index (χ3v) is 4.97. The number of hydrogen-bond acceptors (Lipinski definition) is 8. The number of hydrogen-bond donors (Lipinski definition) is 3. The zero-order chi connectivity index (χ0) is 19.6. The minimum Gasteiger partial charge on any atom is -0.504 e. The normalized spacial score (nSPS) is 19.7. The van der Waals surface area contributed by atoms with Crippen LogP contribution in [0.15, 0.2) is 23.6 Å². The highest BCUT2D eigenvalue weighted by Gasteiger charge is 2.42. The monoisotopic (exact) mass is 377 g/mol. The van der Waals surface area contributed by atoms with E-state index in [2.05, 4.69) is 5.32 Å². The molecule has 1 heterocycles. The maximum absolute atomic E-state index is 12.5. The summed E-state index contributed by atoms with van der Waals surface area (Å²) in [6, 6.07) is 2.70. The summed E-state index contributed by atoms with van der Waals surface area (Å²) in [5.74, 6) is -3.53. The molecule has 1 atom stereocenters. The number of phenolic OH excluding ortho intramolecular Hbond substituents is 2. The van der Waals surface area contributed by atoms with Crippen molar-refractivity contribution < 1.29 is 34.0 Å². The summed E-state index contributed by atoms with van der Waals surface area (Å²) in [5, 5.41) is 23.2. The number of nitrogens with one attached hydrogen (secondary N) is 1. The minimum absolute atomic E-state index is 0.0208. The van der Waals surface area contributed by atoms with Crippen molar-refractivity contribution in [3.63, 3.8) is 0 Å². The molecule has 1 fully saturated rings. The summed E-state index contributed by atoms with van der Waals surface area (Å²) in [4.78, 5) is 25.0. The summed E-state index contributed by atoms with van der Waals surface area (Å²) in [6.07, 6.45) is 5.01. The van der Waals surface area contributed by atoms with E-state index < -0.39 is 29.4 Å². The van der Waals surface area contributed by atoms with E-state index in [1.54, 1.807) is 0 Å². The van der Waals surface area contributed by atoms with Crippen LogP contribution in [-0.4, -0.2) is 42.4 Å². The highest BCUT2D eigenvalue weighted by atomic mass is 16.5. The van der Waals surface area contributed by atoms with E-state index in [0.29, 0.717) is 0 Å². The zero-order valence-corrected chi connectivity index (χ0v) is 15.3. The zero-order valence-electron chi connectivity index (χ0n) is 15.3. The lowest BCUT2D eigenvalue weighted by Crippen LogP contribution is -2.38. The Bertz CT molecular complexity index is 781. The van der Waals surface area contributed by atoms with E-state index in [1.165, 1.54) is 26.4 Å². The Kier molecular flexibility index (Phi) is 5.43. The third kappa shape index (κ3) is 3.51. The fourth-order valence-corrected chi connectivity index (χ4v) is 3.58. The van der Waals surface area contributed by atoms with Gasteiger partial charge in [-0.1, -0.05) is 25.3 Å². The molecule has 1 unspecified atom stereocenters. The standard InChI is InChI=1S/C19H23NO7/c1-25-18(23)13-11-8-9-12(21)15(22)16(11)27-17(14(13)19(24)26-2)20-10-6-4-3-5-7-10/h8-10,13,20-22H,3-7H2,1-2H3. The molecule has 1 aromatic rings. The second kappa shape index (κ2) is 7.77. The molecule has 8 nitrogen and oxygen atoms in total. The average Bonchev–Trinajstić information content (AvgIpc) is 2.69. The first kappa shape index (κ1) is 18.9. The molecule has 27 heavy (non-hydrogen) atoms. The Morgan fingerprint density at radius 3 is 2.44 bits per heavy atom. The third-order valence-electron chi connectivity index (χ3n) is 4.97. The van der Waals surface area contributed by atoms with Crippen LogP contribution in [0.25, 0.3) is 0 Å². The van der Waals surface area contributed by atoms with Gasteiger partial charge in [-0.3, -0.25) is 4.79 Å². The Hall–Kier alpha value is -2.90. The van der Waals surface area contributed by atoms with Crippen LogP contribution in [0, 0.1) is 0 Å². The molecule has 3 N–H and O–H groups in total. The van der Waals surface area contributed by atoms with Crippen molar-refractivity contribution in [3.8, 4) is 17.2 Å². The van der Waals surface area contributed by atoms with Gasteiger partial charge in [-0.05, 0) is 18.9 Å². The van der Waals surface area contributed by atoms with Gasteiger partial charge in [-0.15, -0.1) is 0 Å². The molecular weight excluding hydrogens is 354 g/mol. The number of rotatable bonds is 4. The molecule has 146 valence electrons. The van der Waals surface area contributed by atoms with Gasteiger partial charge in [0.05, 0.1) is 14.2 Å². The van der Waals surface area contributed by atoms with Crippen LogP contribution < -0.4 is 10.1 Å². The van der Waals surface area contributed by atoms with Gasteiger partial charge in [0.2, 0.25) is 11.6 Å². The average molecular weight is 377 g/mol. The number of methoxy groups -OCH3 is 2. The molecule has 0 amide bonds. The number of fused-ring (bicyclic) bond motifs is 1. The second-order valence-electron chi connectivity index (χ2n) is 6.62. The van der Waals surface area contributed by atoms with Gasteiger partial charge in [-0.25, -0.2) is 4.79 Å². The van der Waals surface area contributed by atoms with E-state index in [4.69, 9.17) is 14.2 Å². The Labute approximate surface area is 156 Å². The van der Waals surface area contributed by atoms with Crippen LogP contribution in [0.4, 0.5) is 0 Å². The Morgan fingerprint density at radius 1 is 1.11 bits per heavy atom. The minimum atomic E-state index is -1.15. The van der Waals surface area contributed by atoms with Gasteiger partial charge in [0.1, 0.15) is 11.5 Å². The summed E-state index contributed by atoms with van der Waals surface area (Å²) in [7, 11) is 2.42. The SMILES string of the molecule is COC(=O)C1=C(NC2CCCCC2)Oc2c(ccc(O)c2O)C1C(=O)OC. The predicted octanol–water partition coefficient (Wildman–Crippen LogP) is 2.05. The second-order valence-corrected chi connectivity index (χ2v) is 6.62. The van der Waals surface area contributed by atoms with E-state index in [-0.39, 0.29) is 28.8 Å². The highest BCUT2D eigenvalue weighted by Crippen LogP contribution is 2.48. The van der Waals surface area contributed by atoms with Crippen LogP contribution >= 0.6 is 0 Å². The lowest BCUT2D eigenvalue weighted by atomic mass is 9.87. The molecule has 0 spiro atoms. The first-order valence-corrected chi connectivity index (χ1v) is 8.87. The fourth-order valence-electron chi connectivity index (χ4n) is 3.58. The van der Waals surface area contributed by atoms with Gasteiger partial charge in [0.25, 0.3) is 0 Å². The number of carbonyl (C=O) groups excluding carboxylic acids is 2. The number of aromatic hydroxyl groups is 2. The largest absolute Gasteiger partial charge is 0.504 e. The Morgan fingerprint density at radius 2 is 1.81 bits per heavy atom. The van der Waals surface area contributed by atoms with Gasteiger partial charge in [-0.2, -0.15) is 0 Å². The summed E-state index contributed by atoms with van der Waals surface area (Å²) in [5.41, 5.74) is 0.194. The van der Waals surface area contributed by atoms with Crippen molar-refractivity contribution in [2.45, 2.75) is 44.1 Å². The van der Waals surface area contributed by atoms with Gasteiger partial charge < -0.3 is 29.7 Å². The van der Waals surface area contributed by atoms with Gasteiger partial charge in [0.15, 0.2) is 11.5 Å². The molecule has 0 bridgehead atoms. The summed E-state index contributed by atoms with van der Waals surface area (Å²) >= 11 is 0. The van der Waals surface area contributed by atoms with Crippen LogP contribution in [-0.2, 0) is 19.1 Å². The van der Waals surface area contributed by atoms with Crippen LogP contribution in [0.2, 0.25) is 0 Å². The quantitative estimate of drug-likeness (QED) is 0.540. The van der Waals surface area contributed by atoms with Gasteiger partial charge >= 0.3 is 11.9 Å². The molecule has 1 aliphatic carbocycles. The first-order valence-electron chi connectivity index (χ1n) is 8.87. The lowest BCUT2D eigenvalue weighted by Gasteiger charge is -2.32. The molecule has 1 aliphatic heterocycles. The van der Waals surface area contributed by atoms with Crippen LogP contribution in [0.5, 0.6) is 17.2 Å². The maximum atomic E-state index is 12.5. The van der Waals surface area contributed by atoms with E-state index >= 15 is 0 Å². The van der Waals surface area contributed by atoms with Crippen molar-refractivity contribution in [2.75, 3.05) is 14.2 Å². The number of carbonyl (C=O) groups is 2. The number of esters is 2. The molecule has 3 rings (SSSR count). The predicted molar refractivity (Wildman–Crippen MR) is 94.2 cm³/mol. The van der Waals surface area contributed by atoms with Crippen molar-refractivity contribution >= 4 is 11.9 Å². The van der Waals surface area contributed by atoms with E-state index in [0.717, 1.165) is 32.1 Å². The smallest absolute Gasteiger partial charge is 0.340 e. The van der Waals surface area contributed by atoms with E-state index in [9.17, 15) is 19.8 Å². The lowest BCUT2D eigenvalue weighted by molar-refractivity contribution is -0.145.